The minimum atomic E-state index is -0.702. The van der Waals surface area contributed by atoms with Crippen LogP contribution in [0.3, 0.4) is 0 Å². The number of nitrogens with zero attached hydrogens (tertiary/aromatic N) is 4. The van der Waals surface area contributed by atoms with Gasteiger partial charge in [0, 0.05) is 70.1 Å². The molecule has 2 heterocycles. The third-order valence-electron chi connectivity index (χ3n) is 9.63. The van der Waals surface area contributed by atoms with Gasteiger partial charge < -0.3 is 25.6 Å². The van der Waals surface area contributed by atoms with Gasteiger partial charge >= 0.3 is 0 Å². The van der Waals surface area contributed by atoms with Crippen molar-refractivity contribution in [1.29, 1.82) is 0 Å². The Balaban J connectivity index is 1.20. The van der Waals surface area contributed by atoms with Gasteiger partial charge in [0.25, 0.3) is 5.91 Å². The smallest absolute Gasteiger partial charge is 0.270 e. The Morgan fingerprint density at radius 3 is 2.29 bits per heavy atom. The van der Waals surface area contributed by atoms with Crippen molar-refractivity contribution in [3.05, 3.63) is 77.6 Å². The fraction of sp³-hybridized carbons (Fsp3) is 0.486. The van der Waals surface area contributed by atoms with Crippen molar-refractivity contribution < 1.29 is 23.9 Å². The number of carbonyl (C=O) groups excluding carboxylic acids is 4. The average molecular weight is 672 g/mol. The lowest BCUT2D eigenvalue weighted by Gasteiger charge is -2.36. The monoisotopic (exact) mass is 671 g/mol. The number of rotatable bonds is 13. The molecule has 262 valence electrons. The van der Waals surface area contributed by atoms with Gasteiger partial charge in [0.15, 0.2) is 0 Å². The van der Waals surface area contributed by atoms with Crippen LogP contribution in [-0.2, 0) is 34.4 Å². The Morgan fingerprint density at radius 2 is 1.63 bits per heavy atom. The molecule has 12 heteroatoms. The highest BCUT2D eigenvalue weighted by molar-refractivity contribution is 6.00. The maximum absolute atomic E-state index is 13.7. The lowest BCUT2D eigenvalue weighted by molar-refractivity contribution is -0.138. The molecule has 2 atom stereocenters. The van der Waals surface area contributed by atoms with Crippen molar-refractivity contribution in [2.45, 2.75) is 70.5 Å². The Morgan fingerprint density at radius 1 is 0.918 bits per heavy atom. The minimum absolute atomic E-state index is 0.0437. The quantitative estimate of drug-likeness (QED) is 0.253. The Kier molecular flexibility index (Phi) is 12.4. The molecule has 2 aliphatic rings. The van der Waals surface area contributed by atoms with Gasteiger partial charge in [-0.05, 0) is 48.6 Å². The number of aryl methyl sites for hydroxylation is 1. The van der Waals surface area contributed by atoms with E-state index in [1.165, 1.54) is 4.68 Å². The summed E-state index contributed by atoms with van der Waals surface area (Å²) in [7, 11) is 3.37. The van der Waals surface area contributed by atoms with Crippen molar-refractivity contribution in [3.8, 4) is 5.75 Å². The number of hydrogen-bond acceptors (Lipinski definition) is 7. The molecular weight excluding hydrogens is 622 g/mol. The maximum atomic E-state index is 13.7. The Labute approximate surface area is 288 Å². The van der Waals surface area contributed by atoms with Crippen LogP contribution in [0.1, 0.15) is 67.1 Å². The van der Waals surface area contributed by atoms with E-state index < -0.39 is 12.1 Å². The molecule has 4 amide bonds. The molecule has 1 saturated carbocycles. The zero-order valence-electron chi connectivity index (χ0n) is 28.8. The number of benzene rings is 2. The van der Waals surface area contributed by atoms with Crippen LogP contribution in [-0.4, -0.2) is 88.6 Å². The van der Waals surface area contributed by atoms with Gasteiger partial charge in [-0.1, -0.05) is 56.5 Å². The van der Waals surface area contributed by atoms with Crippen LogP contribution in [0.2, 0.25) is 0 Å². The molecule has 1 saturated heterocycles. The third kappa shape index (κ3) is 9.47. The second-order valence-corrected chi connectivity index (χ2v) is 13.0. The van der Waals surface area contributed by atoms with Gasteiger partial charge in [-0.3, -0.25) is 28.8 Å². The molecule has 1 aliphatic heterocycles. The van der Waals surface area contributed by atoms with Crippen molar-refractivity contribution in [2.75, 3.05) is 38.6 Å². The predicted molar refractivity (Wildman–Crippen MR) is 187 cm³/mol. The summed E-state index contributed by atoms with van der Waals surface area (Å²) < 4.78 is 7.00. The summed E-state index contributed by atoms with van der Waals surface area (Å²) in [6.45, 7) is 5.08. The fourth-order valence-electron chi connectivity index (χ4n) is 6.77. The first-order valence-electron chi connectivity index (χ1n) is 17.4. The first-order valence-corrected chi connectivity index (χ1v) is 17.4. The maximum Gasteiger partial charge on any atom is 0.270 e. The zero-order valence-corrected chi connectivity index (χ0v) is 28.8. The largest absolute Gasteiger partial charge is 0.496 e. The summed E-state index contributed by atoms with van der Waals surface area (Å²) in [4.78, 5) is 57.0. The van der Waals surface area contributed by atoms with E-state index in [2.05, 4.69) is 32.0 Å². The van der Waals surface area contributed by atoms with E-state index in [1.807, 2.05) is 35.2 Å². The van der Waals surface area contributed by atoms with Gasteiger partial charge in [-0.25, -0.2) is 0 Å². The summed E-state index contributed by atoms with van der Waals surface area (Å²) in [6, 6.07) is 15.5. The number of hydrogen-bond donors (Lipinski definition) is 3. The van der Waals surface area contributed by atoms with E-state index in [0.29, 0.717) is 30.9 Å². The number of aromatic nitrogens is 2. The Hall–Kier alpha value is -4.71. The van der Waals surface area contributed by atoms with Crippen LogP contribution < -0.4 is 20.7 Å². The molecule has 49 heavy (non-hydrogen) atoms. The number of para-hydroxylation sites is 1. The van der Waals surface area contributed by atoms with Crippen molar-refractivity contribution >= 4 is 29.3 Å². The normalized spacial score (nSPS) is 16.8. The SMILES string of the molecule is CCC(=O)N[C@H](Cc1ccc(NC(=O)[C@@H](NC(=O)c2ccnn2C)C2CCCCC2)cc1)C(=O)N1CCN(Cc2ccccc2OC)CC1. The van der Waals surface area contributed by atoms with Crippen LogP contribution in [0.25, 0.3) is 0 Å². The highest BCUT2D eigenvalue weighted by atomic mass is 16.5. The highest BCUT2D eigenvalue weighted by Crippen LogP contribution is 2.28. The topological polar surface area (TPSA) is 138 Å². The number of methoxy groups -OCH3 is 1. The molecule has 1 aromatic heterocycles. The first kappa shape index (κ1) is 35.6. The molecule has 0 unspecified atom stereocenters. The highest BCUT2D eigenvalue weighted by Gasteiger charge is 2.32. The standard InChI is InChI=1S/C37H49N7O5/c1-4-33(45)40-30(37(48)44-22-20-43(21-23-44)25-28-12-8-9-13-32(28)49-3)24-26-14-16-29(17-15-26)39-36(47)34(27-10-6-5-7-11-27)41-35(46)31-18-19-38-42(31)2/h8-9,12-19,27,30,34H,4-7,10-11,20-25H2,1-3H3,(H,39,47)(H,40,45)(H,41,46)/t30-,34+/m1/s1. The van der Waals surface area contributed by atoms with Crippen LogP contribution in [0.4, 0.5) is 5.69 Å². The molecule has 3 aromatic rings. The number of nitrogens with one attached hydrogen (secondary N) is 3. The van der Waals surface area contributed by atoms with E-state index in [-0.39, 0.29) is 36.0 Å². The predicted octanol–water partition coefficient (Wildman–Crippen LogP) is 3.53. The van der Waals surface area contributed by atoms with Crippen molar-refractivity contribution in [1.82, 2.24) is 30.2 Å². The summed E-state index contributed by atoms with van der Waals surface area (Å²) in [5.41, 5.74) is 2.95. The number of ether oxygens (including phenoxy) is 1. The second-order valence-electron chi connectivity index (χ2n) is 13.0. The lowest BCUT2D eigenvalue weighted by Crippen LogP contribution is -2.55. The first-order chi connectivity index (χ1) is 23.7. The molecule has 5 rings (SSSR count). The molecular formula is C37H49N7O5. The lowest BCUT2D eigenvalue weighted by atomic mass is 9.83. The molecule has 12 nitrogen and oxygen atoms in total. The van der Waals surface area contributed by atoms with Crippen molar-refractivity contribution in [2.24, 2.45) is 13.0 Å². The number of carbonyl (C=O) groups is 4. The third-order valence-corrected chi connectivity index (χ3v) is 9.63. The van der Waals surface area contributed by atoms with E-state index in [4.69, 9.17) is 4.74 Å². The molecule has 2 fully saturated rings. The van der Waals surface area contributed by atoms with E-state index in [1.54, 1.807) is 45.5 Å². The Bertz CT molecular complexity index is 1580. The van der Waals surface area contributed by atoms with E-state index in [9.17, 15) is 19.2 Å². The van der Waals surface area contributed by atoms with Gasteiger partial charge in [0.05, 0.1) is 7.11 Å². The minimum Gasteiger partial charge on any atom is -0.496 e. The molecule has 1 aliphatic carbocycles. The molecule has 0 bridgehead atoms. The average Bonchev–Trinajstić information content (AvgIpc) is 3.57. The van der Waals surface area contributed by atoms with Crippen LogP contribution in [0.5, 0.6) is 5.75 Å². The number of amides is 4. The van der Waals surface area contributed by atoms with Gasteiger partial charge in [-0.15, -0.1) is 0 Å². The van der Waals surface area contributed by atoms with Gasteiger partial charge in [0.2, 0.25) is 17.7 Å². The van der Waals surface area contributed by atoms with Crippen molar-refractivity contribution in [3.63, 3.8) is 0 Å². The van der Waals surface area contributed by atoms with E-state index in [0.717, 1.165) is 68.6 Å². The summed E-state index contributed by atoms with van der Waals surface area (Å²) >= 11 is 0. The number of piperazine rings is 1. The summed E-state index contributed by atoms with van der Waals surface area (Å²) in [5.74, 6) is 0.0225. The zero-order chi connectivity index (χ0) is 34.8. The molecule has 2 aromatic carbocycles. The van der Waals surface area contributed by atoms with Gasteiger partial charge in [0.1, 0.15) is 23.5 Å². The molecule has 3 N–H and O–H groups in total. The van der Waals surface area contributed by atoms with Crippen LogP contribution in [0, 0.1) is 5.92 Å². The second kappa shape index (κ2) is 17.1. The van der Waals surface area contributed by atoms with Crippen LogP contribution in [0.15, 0.2) is 60.8 Å². The molecule has 0 radical (unpaired) electrons. The molecule has 0 spiro atoms. The summed E-state index contributed by atoms with van der Waals surface area (Å²) in [6.07, 6.45) is 7.09. The summed E-state index contributed by atoms with van der Waals surface area (Å²) in [5, 5.41) is 13.0. The van der Waals surface area contributed by atoms with Gasteiger partial charge in [-0.2, -0.15) is 5.10 Å². The number of anilines is 1. The van der Waals surface area contributed by atoms with Crippen LogP contribution >= 0.6 is 0 Å². The van der Waals surface area contributed by atoms with E-state index >= 15 is 0 Å². The fourth-order valence-corrected chi connectivity index (χ4v) is 6.77.